The molecule has 0 heterocycles. The summed E-state index contributed by atoms with van der Waals surface area (Å²) in [6, 6.07) is 0. The summed E-state index contributed by atoms with van der Waals surface area (Å²) in [6.07, 6.45) is 53.2. The lowest BCUT2D eigenvalue weighted by molar-refractivity contribution is -0.870. The molecule has 9 heteroatoms. The van der Waals surface area contributed by atoms with Crippen LogP contribution >= 0.6 is 7.82 Å². The molecule has 0 fully saturated rings. The third kappa shape index (κ3) is 44.6. The minimum Gasteiger partial charge on any atom is -0.756 e. The van der Waals surface area contributed by atoms with Crippen molar-refractivity contribution in [2.75, 3.05) is 54.1 Å². The van der Waals surface area contributed by atoms with Crippen LogP contribution in [-0.2, 0) is 27.9 Å². The maximum Gasteiger partial charge on any atom is 0.306 e. The molecule has 57 heavy (non-hydrogen) atoms. The van der Waals surface area contributed by atoms with E-state index in [4.69, 9.17) is 18.5 Å². The minimum absolute atomic E-state index is 0.0138. The molecular formula is C48H84NO7P. The van der Waals surface area contributed by atoms with E-state index in [0.29, 0.717) is 24.1 Å². The Labute approximate surface area is 350 Å². The molecule has 0 aromatic carbocycles. The van der Waals surface area contributed by atoms with E-state index in [1.807, 2.05) is 21.1 Å². The van der Waals surface area contributed by atoms with Crippen LogP contribution in [0.25, 0.3) is 0 Å². The summed E-state index contributed by atoms with van der Waals surface area (Å²) >= 11 is 0. The number of quaternary nitrogens is 1. The summed E-state index contributed by atoms with van der Waals surface area (Å²) in [5.74, 6) is -0.355. The number of likely N-dealkylation sites (N-methyl/N-ethyl adjacent to an activating group) is 1. The standard InChI is InChI=1S/C48H84NO7P/c1-6-8-10-12-14-16-18-19-20-21-22-23-24-25-26-27-28-29-30-32-34-36-38-40-43-53-45-47(46-55-57(51,52)54-44-42-49(3,4)5)56-48(50)41-39-37-35-33-31-17-15-13-11-9-7-2/h8,10,14,16,19-20,22-23,25-26,28-29,32,34,47H,6-7,9,11-13,15,17-18,21,24,27,30-31,33,35-46H2,1-5H3/b10-8-,16-14-,20-19-,23-22-,26-25-,29-28-,34-32-. The van der Waals surface area contributed by atoms with Gasteiger partial charge in [0.05, 0.1) is 34.4 Å². The molecule has 0 saturated heterocycles. The third-order valence-electron chi connectivity index (χ3n) is 8.96. The Kier molecular flexibility index (Phi) is 38.8. The lowest BCUT2D eigenvalue weighted by atomic mass is 10.1. The first-order chi connectivity index (χ1) is 27.6. The van der Waals surface area contributed by atoms with Crippen molar-refractivity contribution in [1.29, 1.82) is 0 Å². The zero-order valence-electron chi connectivity index (χ0n) is 37.0. The van der Waals surface area contributed by atoms with E-state index < -0.39 is 13.9 Å². The highest BCUT2D eigenvalue weighted by Crippen LogP contribution is 2.38. The molecule has 0 amide bonds. The van der Waals surface area contributed by atoms with Crippen molar-refractivity contribution in [3.8, 4) is 0 Å². The van der Waals surface area contributed by atoms with Crippen LogP contribution in [0.3, 0.4) is 0 Å². The quantitative estimate of drug-likeness (QED) is 0.0200. The van der Waals surface area contributed by atoms with Gasteiger partial charge in [0.25, 0.3) is 7.82 Å². The van der Waals surface area contributed by atoms with Crippen molar-refractivity contribution >= 4 is 13.8 Å². The molecule has 0 aromatic rings. The molecule has 2 unspecified atom stereocenters. The van der Waals surface area contributed by atoms with E-state index in [9.17, 15) is 14.3 Å². The smallest absolute Gasteiger partial charge is 0.306 e. The summed E-state index contributed by atoms with van der Waals surface area (Å²) in [5.41, 5.74) is 0. The van der Waals surface area contributed by atoms with Gasteiger partial charge in [-0.1, -0.05) is 163 Å². The Morgan fingerprint density at radius 3 is 1.49 bits per heavy atom. The van der Waals surface area contributed by atoms with Gasteiger partial charge in [0, 0.05) is 13.0 Å². The van der Waals surface area contributed by atoms with Crippen LogP contribution in [-0.4, -0.2) is 70.7 Å². The van der Waals surface area contributed by atoms with Crippen molar-refractivity contribution in [2.45, 2.75) is 161 Å². The second kappa shape index (κ2) is 40.5. The molecule has 2 atom stereocenters. The van der Waals surface area contributed by atoms with Crippen molar-refractivity contribution in [2.24, 2.45) is 0 Å². The predicted molar refractivity (Wildman–Crippen MR) is 240 cm³/mol. The average molecular weight is 818 g/mol. The van der Waals surface area contributed by atoms with Crippen LogP contribution in [0, 0.1) is 0 Å². The largest absolute Gasteiger partial charge is 0.756 e. The monoisotopic (exact) mass is 818 g/mol. The summed E-state index contributed by atoms with van der Waals surface area (Å²) in [7, 11) is 1.31. The fraction of sp³-hybridized carbons (Fsp3) is 0.688. The number of phosphoric ester groups is 1. The molecule has 0 radical (unpaired) electrons. The first-order valence-corrected chi connectivity index (χ1v) is 23.8. The maximum atomic E-state index is 12.6. The molecule has 0 saturated carbocycles. The molecule has 0 spiro atoms. The first kappa shape index (κ1) is 54.7. The molecule has 0 rings (SSSR count). The van der Waals surface area contributed by atoms with Crippen molar-refractivity contribution in [3.05, 3.63) is 85.1 Å². The van der Waals surface area contributed by atoms with Gasteiger partial charge < -0.3 is 27.9 Å². The van der Waals surface area contributed by atoms with Gasteiger partial charge in [-0.15, -0.1) is 0 Å². The molecular weight excluding hydrogens is 734 g/mol. The zero-order valence-corrected chi connectivity index (χ0v) is 37.9. The number of hydrogen-bond donors (Lipinski definition) is 0. The second-order valence-corrected chi connectivity index (χ2v) is 17.1. The molecule has 0 aromatic heterocycles. The Morgan fingerprint density at radius 1 is 0.561 bits per heavy atom. The van der Waals surface area contributed by atoms with Gasteiger partial charge in [-0.25, -0.2) is 0 Å². The first-order valence-electron chi connectivity index (χ1n) is 22.3. The predicted octanol–water partition coefficient (Wildman–Crippen LogP) is 12.6. The van der Waals surface area contributed by atoms with Gasteiger partial charge >= 0.3 is 5.97 Å². The van der Waals surface area contributed by atoms with Crippen molar-refractivity contribution < 1.29 is 37.3 Å². The third-order valence-corrected chi connectivity index (χ3v) is 9.93. The normalized spacial score (nSPS) is 14.6. The number of unbranched alkanes of at least 4 members (excludes halogenated alkanes) is 12. The average Bonchev–Trinajstić information content (AvgIpc) is 3.16. The van der Waals surface area contributed by atoms with Gasteiger partial charge in [-0.3, -0.25) is 9.36 Å². The van der Waals surface area contributed by atoms with E-state index in [0.717, 1.165) is 83.5 Å². The molecule has 0 aliphatic heterocycles. The summed E-state index contributed by atoms with van der Waals surface area (Å²) in [5, 5.41) is 0. The summed E-state index contributed by atoms with van der Waals surface area (Å²) in [6.45, 7) is 5.15. The van der Waals surface area contributed by atoms with E-state index >= 15 is 0 Å². The second-order valence-electron chi connectivity index (χ2n) is 15.7. The molecule has 0 N–H and O–H groups in total. The highest BCUT2D eigenvalue weighted by Gasteiger charge is 2.20. The molecule has 0 bridgehead atoms. The number of hydrogen-bond acceptors (Lipinski definition) is 7. The Hall–Kier alpha value is -2.32. The molecule has 0 aliphatic carbocycles. The lowest BCUT2D eigenvalue weighted by Gasteiger charge is -2.28. The Bertz CT molecular complexity index is 1180. The topological polar surface area (TPSA) is 94.1 Å². The SMILES string of the molecule is CC/C=C\C/C=C\C/C=C\C/C=C\C/C=C\C/C=C\C/C=C\CCCCOCC(COP(=O)([O-])OCC[N+](C)(C)C)OC(=O)CCCCCCCCCCCCC. The Balaban J connectivity index is 4.29. The van der Waals surface area contributed by atoms with Crippen LogP contribution in [0.1, 0.15) is 155 Å². The number of ether oxygens (including phenoxy) is 2. The summed E-state index contributed by atoms with van der Waals surface area (Å²) < 4.78 is 34.5. The van der Waals surface area contributed by atoms with Crippen LogP contribution in [0.2, 0.25) is 0 Å². The molecule has 8 nitrogen and oxygen atoms in total. The van der Waals surface area contributed by atoms with E-state index in [1.165, 1.54) is 51.4 Å². The van der Waals surface area contributed by atoms with Crippen LogP contribution < -0.4 is 4.89 Å². The van der Waals surface area contributed by atoms with Gasteiger partial charge in [0.2, 0.25) is 0 Å². The van der Waals surface area contributed by atoms with Crippen LogP contribution in [0.15, 0.2) is 85.1 Å². The number of nitrogens with zero attached hydrogens (tertiary/aromatic N) is 1. The lowest BCUT2D eigenvalue weighted by Crippen LogP contribution is -2.37. The molecule has 0 aliphatic rings. The van der Waals surface area contributed by atoms with Gasteiger partial charge in [-0.2, -0.15) is 0 Å². The van der Waals surface area contributed by atoms with Crippen LogP contribution in [0.4, 0.5) is 0 Å². The van der Waals surface area contributed by atoms with Crippen molar-refractivity contribution in [3.63, 3.8) is 0 Å². The highest BCUT2D eigenvalue weighted by molar-refractivity contribution is 7.45. The number of esters is 1. The van der Waals surface area contributed by atoms with E-state index in [1.54, 1.807) is 0 Å². The fourth-order valence-electron chi connectivity index (χ4n) is 5.52. The van der Waals surface area contributed by atoms with Gasteiger partial charge in [0.1, 0.15) is 19.3 Å². The van der Waals surface area contributed by atoms with Crippen molar-refractivity contribution in [1.82, 2.24) is 0 Å². The number of carbonyl (C=O) groups excluding carboxylic acids is 1. The fourth-order valence-corrected chi connectivity index (χ4v) is 6.25. The molecule has 328 valence electrons. The van der Waals surface area contributed by atoms with E-state index in [2.05, 4.69) is 98.9 Å². The van der Waals surface area contributed by atoms with E-state index in [-0.39, 0.29) is 25.8 Å². The number of carbonyl (C=O) groups is 1. The number of rotatable bonds is 40. The number of allylic oxidation sites excluding steroid dienone is 14. The zero-order chi connectivity index (χ0) is 42.0. The minimum atomic E-state index is -4.54. The maximum absolute atomic E-state index is 12.6. The Morgan fingerprint density at radius 2 is 1.02 bits per heavy atom. The number of phosphoric acid groups is 1. The summed E-state index contributed by atoms with van der Waals surface area (Å²) in [4.78, 5) is 25.0. The van der Waals surface area contributed by atoms with Gasteiger partial charge in [-0.05, 0) is 70.6 Å². The van der Waals surface area contributed by atoms with Gasteiger partial charge in [0.15, 0.2) is 0 Å². The highest BCUT2D eigenvalue weighted by atomic mass is 31.2. The van der Waals surface area contributed by atoms with Crippen LogP contribution in [0.5, 0.6) is 0 Å².